The Hall–Kier alpha value is -3.88. The van der Waals surface area contributed by atoms with Crippen LogP contribution >= 0.6 is 0 Å². The Bertz CT molecular complexity index is 1260. The van der Waals surface area contributed by atoms with Crippen molar-refractivity contribution in [1.29, 1.82) is 0 Å². The number of rotatable bonds is 5. The topological polar surface area (TPSA) is 68.5 Å². The lowest BCUT2D eigenvalue weighted by Gasteiger charge is -2.09. The second-order valence-electron chi connectivity index (χ2n) is 7.29. The van der Waals surface area contributed by atoms with Crippen LogP contribution in [0.4, 0.5) is 13.2 Å². The summed E-state index contributed by atoms with van der Waals surface area (Å²) in [6, 6.07) is 12.9. The van der Waals surface area contributed by atoms with Gasteiger partial charge in [0.25, 0.3) is 5.91 Å². The van der Waals surface area contributed by atoms with Gasteiger partial charge in [-0.15, -0.1) is 13.2 Å². The third kappa shape index (κ3) is 4.72. The van der Waals surface area contributed by atoms with E-state index in [9.17, 15) is 18.0 Å². The summed E-state index contributed by atoms with van der Waals surface area (Å²) in [4.78, 5) is 17.1. The van der Waals surface area contributed by atoms with E-state index in [1.807, 2.05) is 25.3 Å². The molecule has 6 nitrogen and oxygen atoms in total. The number of carbonyl (C=O) groups is 1. The second-order valence-corrected chi connectivity index (χ2v) is 7.29. The van der Waals surface area contributed by atoms with Gasteiger partial charge in [-0.1, -0.05) is 18.2 Å². The molecular formula is C23H19F3N4O2. The molecule has 3 aromatic heterocycles. The number of amides is 1. The van der Waals surface area contributed by atoms with E-state index in [4.69, 9.17) is 0 Å². The summed E-state index contributed by atoms with van der Waals surface area (Å²) in [6.07, 6.45) is -1.31. The van der Waals surface area contributed by atoms with Gasteiger partial charge in [-0.05, 0) is 55.3 Å². The van der Waals surface area contributed by atoms with Crippen LogP contribution in [0.2, 0.25) is 0 Å². The fraction of sp³-hybridized carbons (Fsp3) is 0.174. The minimum atomic E-state index is -4.73. The fourth-order valence-corrected chi connectivity index (χ4v) is 3.36. The van der Waals surface area contributed by atoms with Gasteiger partial charge in [-0.25, -0.2) is 4.52 Å². The van der Waals surface area contributed by atoms with Crippen molar-refractivity contribution in [3.8, 4) is 16.9 Å². The van der Waals surface area contributed by atoms with Crippen LogP contribution in [0.3, 0.4) is 0 Å². The summed E-state index contributed by atoms with van der Waals surface area (Å²) >= 11 is 0. The molecule has 32 heavy (non-hydrogen) atoms. The molecule has 164 valence electrons. The van der Waals surface area contributed by atoms with E-state index in [-0.39, 0.29) is 18.2 Å². The first-order valence-electron chi connectivity index (χ1n) is 9.74. The average molecular weight is 440 g/mol. The van der Waals surface area contributed by atoms with E-state index in [2.05, 4.69) is 20.1 Å². The molecule has 0 saturated heterocycles. The first-order valence-corrected chi connectivity index (χ1v) is 9.74. The number of halogens is 3. The highest BCUT2D eigenvalue weighted by Crippen LogP contribution is 2.26. The molecule has 1 amide bonds. The van der Waals surface area contributed by atoms with Crippen LogP contribution in [0.25, 0.3) is 16.6 Å². The van der Waals surface area contributed by atoms with Crippen LogP contribution in [0.5, 0.6) is 5.75 Å². The Kier molecular flexibility index (Phi) is 5.56. The van der Waals surface area contributed by atoms with Gasteiger partial charge in [0.15, 0.2) is 0 Å². The summed E-state index contributed by atoms with van der Waals surface area (Å²) in [5, 5.41) is 7.23. The zero-order valence-electron chi connectivity index (χ0n) is 17.3. The quantitative estimate of drug-likeness (QED) is 0.482. The maximum absolute atomic E-state index is 12.8. The van der Waals surface area contributed by atoms with E-state index in [1.54, 1.807) is 29.8 Å². The van der Waals surface area contributed by atoms with Gasteiger partial charge in [-0.2, -0.15) is 5.10 Å². The molecule has 4 rings (SSSR count). The predicted octanol–water partition coefficient (Wildman–Crippen LogP) is 4.84. The average Bonchev–Trinajstić information content (AvgIpc) is 3.07. The summed E-state index contributed by atoms with van der Waals surface area (Å²) in [7, 11) is 0. The van der Waals surface area contributed by atoms with Crippen molar-refractivity contribution in [3.05, 3.63) is 83.4 Å². The minimum Gasteiger partial charge on any atom is -0.406 e. The largest absolute Gasteiger partial charge is 0.573 e. The molecule has 0 unspecified atom stereocenters. The van der Waals surface area contributed by atoms with E-state index < -0.39 is 6.36 Å². The number of benzene rings is 1. The van der Waals surface area contributed by atoms with Crippen molar-refractivity contribution < 1.29 is 22.7 Å². The molecule has 0 bridgehead atoms. The molecule has 0 fully saturated rings. The van der Waals surface area contributed by atoms with Crippen LogP contribution in [-0.4, -0.2) is 26.9 Å². The van der Waals surface area contributed by atoms with Crippen LogP contribution in [0.15, 0.2) is 60.9 Å². The number of hydrogen-bond acceptors (Lipinski definition) is 4. The molecule has 0 aliphatic rings. The molecule has 9 heteroatoms. The van der Waals surface area contributed by atoms with Gasteiger partial charge < -0.3 is 10.1 Å². The summed E-state index contributed by atoms with van der Waals surface area (Å²) in [5.74, 6) is -0.527. The smallest absolute Gasteiger partial charge is 0.406 e. The Balaban J connectivity index is 1.43. The molecule has 4 aromatic rings. The molecule has 1 N–H and O–H groups in total. The second kappa shape index (κ2) is 8.33. The van der Waals surface area contributed by atoms with E-state index in [0.717, 1.165) is 16.6 Å². The number of aryl methyl sites for hydroxylation is 2. The first-order chi connectivity index (χ1) is 15.2. The maximum atomic E-state index is 12.8. The van der Waals surface area contributed by atoms with Gasteiger partial charge in [0.05, 0.1) is 29.0 Å². The van der Waals surface area contributed by atoms with E-state index >= 15 is 0 Å². The lowest BCUT2D eigenvalue weighted by atomic mass is 10.1. The highest BCUT2D eigenvalue weighted by molar-refractivity contribution is 6.02. The van der Waals surface area contributed by atoms with Crippen molar-refractivity contribution in [1.82, 2.24) is 19.9 Å². The highest BCUT2D eigenvalue weighted by Gasteiger charge is 2.31. The third-order valence-electron chi connectivity index (χ3n) is 4.87. The Morgan fingerprint density at radius 3 is 2.44 bits per heavy atom. The SMILES string of the molecule is Cc1ccn2nc(C)c(C(=O)NCc3ccc(-c4ccc(OC(F)(F)F)cc4)cn3)c2c1. The Morgan fingerprint density at radius 1 is 1.06 bits per heavy atom. The number of carbonyl (C=O) groups excluding carboxylic acids is 1. The van der Waals surface area contributed by atoms with Gasteiger partial charge in [-0.3, -0.25) is 9.78 Å². The van der Waals surface area contributed by atoms with Crippen LogP contribution in [0, 0.1) is 13.8 Å². The van der Waals surface area contributed by atoms with E-state index in [0.29, 0.717) is 22.5 Å². The van der Waals surface area contributed by atoms with Crippen LogP contribution < -0.4 is 10.1 Å². The summed E-state index contributed by atoms with van der Waals surface area (Å²) in [6.45, 7) is 3.96. The molecule has 0 saturated carbocycles. The molecule has 0 aliphatic carbocycles. The number of nitrogens with zero attached hydrogens (tertiary/aromatic N) is 3. The number of ether oxygens (including phenoxy) is 1. The number of nitrogens with one attached hydrogen (secondary N) is 1. The van der Waals surface area contributed by atoms with Crippen LogP contribution in [0.1, 0.15) is 27.3 Å². The van der Waals surface area contributed by atoms with E-state index in [1.165, 1.54) is 24.3 Å². The predicted molar refractivity (Wildman–Crippen MR) is 112 cm³/mol. The van der Waals surface area contributed by atoms with Crippen molar-refractivity contribution in [2.24, 2.45) is 0 Å². The molecular weight excluding hydrogens is 421 g/mol. The van der Waals surface area contributed by atoms with Crippen molar-refractivity contribution in [2.75, 3.05) is 0 Å². The minimum absolute atomic E-state index is 0.222. The van der Waals surface area contributed by atoms with Crippen LogP contribution in [-0.2, 0) is 6.54 Å². The van der Waals surface area contributed by atoms with Gasteiger partial charge >= 0.3 is 6.36 Å². The standard InChI is InChI=1S/C23H19F3N4O2/c1-14-9-10-30-20(11-14)21(15(2)29-30)22(31)28-13-18-6-3-17(12-27-18)16-4-7-19(8-5-16)32-23(24,25)26/h3-12H,13H2,1-2H3,(H,28,31). The third-order valence-corrected chi connectivity index (χ3v) is 4.87. The summed E-state index contributed by atoms with van der Waals surface area (Å²) in [5.41, 5.74) is 4.99. The lowest BCUT2D eigenvalue weighted by molar-refractivity contribution is -0.274. The number of alkyl halides is 3. The molecule has 1 aromatic carbocycles. The molecule has 0 radical (unpaired) electrons. The number of hydrogen-bond donors (Lipinski definition) is 1. The zero-order chi connectivity index (χ0) is 22.9. The number of aromatic nitrogens is 3. The van der Waals surface area contributed by atoms with Gasteiger partial charge in [0.2, 0.25) is 0 Å². The first kappa shape index (κ1) is 21.4. The fourth-order valence-electron chi connectivity index (χ4n) is 3.36. The van der Waals surface area contributed by atoms with Crippen molar-refractivity contribution in [3.63, 3.8) is 0 Å². The van der Waals surface area contributed by atoms with Gasteiger partial charge in [0, 0.05) is 18.0 Å². The van der Waals surface area contributed by atoms with Crippen molar-refractivity contribution in [2.45, 2.75) is 26.8 Å². The van der Waals surface area contributed by atoms with Gasteiger partial charge in [0.1, 0.15) is 5.75 Å². The Labute approximate surface area is 181 Å². The maximum Gasteiger partial charge on any atom is 0.573 e. The number of fused-ring (bicyclic) bond motifs is 1. The lowest BCUT2D eigenvalue weighted by Crippen LogP contribution is -2.23. The summed E-state index contributed by atoms with van der Waals surface area (Å²) < 4.78 is 42.4. The molecule has 3 heterocycles. The normalized spacial score (nSPS) is 11.5. The van der Waals surface area contributed by atoms with Crippen molar-refractivity contribution >= 4 is 11.4 Å². The number of pyridine rings is 2. The molecule has 0 aliphatic heterocycles. The monoisotopic (exact) mass is 440 g/mol. The zero-order valence-corrected chi connectivity index (χ0v) is 17.3. The molecule has 0 atom stereocenters. The highest BCUT2D eigenvalue weighted by atomic mass is 19.4. The Morgan fingerprint density at radius 2 is 1.78 bits per heavy atom. The molecule has 0 spiro atoms.